The Morgan fingerprint density at radius 1 is 0.432 bits per heavy atom. The van der Waals surface area contributed by atoms with Crippen molar-refractivity contribution in [3.8, 4) is 33.4 Å². The van der Waals surface area contributed by atoms with E-state index in [-0.39, 0.29) is 5.41 Å². The lowest BCUT2D eigenvalue weighted by Gasteiger charge is -2.30. The first-order valence-corrected chi connectivity index (χ1v) is 15.5. The van der Waals surface area contributed by atoms with Crippen LogP contribution in [-0.2, 0) is 5.41 Å². The third-order valence-electron chi connectivity index (χ3n) is 9.21. The van der Waals surface area contributed by atoms with Gasteiger partial charge >= 0.3 is 0 Å². The molecule has 0 atom stereocenters. The van der Waals surface area contributed by atoms with E-state index in [0.29, 0.717) is 0 Å². The maximum Gasteiger partial charge on any atom is 0.0493 e. The van der Waals surface area contributed by atoms with E-state index in [1.165, 1.54) is 77.4 Å². The predicted molar refractivity (Wildman–Crippen MR) is 189 cm³/mol. The van der Waals surface area contributed by atoms with E-state index in [0.717, 1.165) is 5.69 Å². The molecule has 0 radical (unpaired) electrons. The molecule has 1 heteroatoms. The molecular formula is C43H35N. The van der Waals surface area contributed by atoms with Crippen LogP contribution in [0.2, 0.25) is 0 Å². The van der Waals surface area contributed by atoms with E-state index >= 15 is 0 Å². The lowest BCUT2D eigenvalue weighted by molar-refractivity contribution is 0.590. The summed E-state index contributed by atoms with van der Waals surface area (Å²) in [6, 6.07) is 51.6. The molecule has 0 heterocycles. The molecule has 7 aromatic carbocycles. The van der Waals surface area contributed by atoms with Gasteiger partial charge in [0.15, 0.2) is 0 Å². The predicted octanol–water partition coefficient (Wildman–Crippen LogP) is 12.4. The fraction of sp³-hybridized carbons (Fsp3) is 0.116. The Hall–Kier alpha value is -5.14. The molecule has 0 bridgehead atoms. The Bertz CT molecular complexity index is 2200. The number of nitrogens with zero attached hydrogens (tertiary/aromatic N) is 1. The lowest BCUT2D eigenvalue weighted by Crippen LogP contribution is -2.15. The van der Waals surface area contributed by atoms with Crippen molar-refractivity contribution in [2.24, 2.45) is 0 Å². The first-order valence-electron chi connectivity index (χ1n) is 15.5. The van der Waals surface area contributed by atoms with Gasteiger partial charge in [-0.15, -0.1) is 0 Å². The Balaban J connectivity index is 1.23. The van der Waals surface area contributed by atoms with Crippen LogP contribution in [0.15, 0.2) is 140 Å². The molecule has 0 N–H and O–H groups in total. The molecule has 0 spiro atoms. The number of hydrogen-bond acceptors (Lipinski definition) is 1. The minimum atomic E-state index is 0.0666. The largest absolute Gasteiger partial charge is 0.310 e. The summed E-state index contributed by atoms with van der Waals surface area (Å²) in [6.07, 6.45) is 0. The van der Waals surface area contributed by atoms with Gasteiger partial charge in [-0.25, -0.2) is 0 Å². The molecule has 7 aromatic rings. The zero-order valence-electron chi connectivity index (χ0n) is 25.7. The summed E-state index contributed by atoms with van der Waals surface area (Å²) < 4.78 is 0. The number of hydrogen-bond donors (Lipinski definition) is 0. The fourth-order valence-corrected chi connectivity index (χ4v) is 6.68. The van der Waals surface area contributed by atoms with Crippen molar-refractivity contribution in [1.82, 2.24) is 0 Å². The Labute approximate surface area is 260 Å². The van der Waals surface area contributed by atoms with Crippen molar-refractivity contribution >= 4 is 38.6 Å². The highest BCUT2D eigenvalue weighted by Gasteiger charge is 2.25. The highest BCUT2D eigenvalue weighted by atomic mass is 15.1. The second-order valence-electron chi connectivity index (χ2n) is 13.2. The molecule has 1 nitrogen and oxygen atoms in total. The lowest BCUT2D eigenvalue weighted by atomic mass is 9.77. The zero-order valence-corrected chi connectivity index (χ0v) is 25.7. The molecule has 0 aromatic heterocycles. The average Bonchev–Trinajstić information content (AvgIpc) is 3.04. The summed E-state index contributed by atoms with van der Waals surface area (Å²) in [5.41, 5.74) is 14.1. The van der Waals surface area contributed by atoms with Gasteiger partial charge in [0.1, 0.15) is 0 Å². The van der Waals surface area contributed by atoms with Gasteiger partial charge in [-0.3, -0.25) is 0 Å². The summed E-state index contributed by atoms with van der Waals surface area (Å²) in [5, 5.41) is 5.10. The van der Waals surface area contributed by atoms with Gasteiger partial charge in [0, 0.05) is 17.1 Å². The Morgan fingerprint density at radius 3 is 1.64 bits per heavy atom. The summed E-state index contributed by atoms with van der Waals surface area (Å²) in [6.45, 7) is 9.06. The van der Waals surface area contributed by atoms with Crippen LogP contribution in [-0.4, -0.2) is 0 Å². The first kappa shape index (κ1) is 26.5. The SMILES string of the molecule is Cc1ccc(C(C)(C)C)cc1N(c1ccccc1)c1ccc2cc3c(cc2c1)-c1cc2ccc(-c4ccccc4)cc2cc1-3. The molecule has 0 aliphatic heterocycles. The Morgan fingerprint density at radius 2 is 1.00 bits per heavy atom. The molecule has 1 aliphatic carbocycles. The van der Waals surface area contributed by atoms with Crippen LogP contribution in [0.25, 0.3) is 54.9 Å². The van der Waals surface area contributed by atoms with Gasteiger partial charge in [0.2, 0.25) is 0 Å². The molecule has 0 saturated carbocycles. The molecule has 0 saturated heterocycles. The number of rotatable bonds is 4. The summed E-state index contributed by atoms with van der Waals surface area (Å²) >= 11 is 0. The van der Waals surface area contributed by atoms with Crippen LogP contribution in [0.5, 0.6) is 0 Å². The maximum atomic E-state index is 2.41. The molecule has 44 heavy (non-hydrogen) atoms. The number of aryl methyl sites for hydroxylation is 1. The zero-order chi connectivity index (χ0) is 30.0. The molecule has 0 amide bonds. The highest BCUT2D eigenvalue weighted by Crippen LogP contribution is 2.51. The van der Waals surface area contributed by atoms with E-state index in [1.54, 1.807) is 0 Å². The molecule has 0 fully saturated rings. The standard InChI is InChI=1S/C43H35N/c1-28-15-19-35(43(2,3)4)27-42(28)44(36-13-9-6-10-14-36)37-20-18-32-24-39-40-25-33-21-30(29-11-7-5-8-12-29)16-17-31(33)23-38(40)41(39)26-34(32)22-37/h5-27H,1-4H3. The summed E-state index contributed by atoms with van der Waals surface area (Å²) in [4.78, 5) is 2.41. The van der Waals surface area contributed by atoms with Crippen molar-refractivity contribution in [2.75, 3.05) is 4.90 Å². The Kier molecular flexibility index (Phi) is 6.00. The van der Waals surface area contributed by atoms with E-state index in [1.807, 2.05) is 0 Å². The topological polar surface area (TPSA) is 3.24 Å². The molecule has 8 rings (SSSR count). The van der Waals surface area contributed by atoms with Crippen molar-refractivity contribution in [3.63, 3.8) is 0 Å². The van der Waals surface area contributed by atoms with E-state index in [9.17, 15) is 0 Å². The van der Waals surface area contributed by atoms with Gasteiger partial charge in [0.05, 0.1) is 0 Å². The normalized spacial score (nSPS) is 12.1. The summed E-state index contributed by atoms with van der Waals surface area (Å²) in [7, 11) is 0. The van der Waals surface area contributed by atoms with E-state index in [2.05, 4.69) is 172 Å². The van der Waals surface area contributed by atoms with Gasteiger partial charge in [-0.05, 0) is 139 Å². The minimum absolute atomic E-state index is 0.0666. The van der Waals surface area contributed by atoms with Crippen LogP contribution < -0.4 is 4.90 Å². The van der Waals surface area contributed by atoms with Crippen molar-refractivity contribution < 1.29 is 0 Å². The number of benzene rings is 7. The third-order valence-corrected chi connectivity index (χ3v) is 9.21. The average molecular weight is 566 g/mol. The van der Waals surface area contributed by atoms with E-state index < -0.39 is 0 Å². The van der Waals surface area contributed by atoms with Crippen LogP contribution in [0.1, 0.15) is 31.9 Å². The quantitative estimate of drug-likeness (QED) is 0.205. The number of para-hydroxylation sites is 1. The van der Waals surface area contributed by atoms with Gasteiger partial charge in [-0.1, -0.05) is 99.6 Å². The molecule has 1 aliphatic rings. The van der Waals surface area contributed by atoms with Gasteiger partial charge < -0.3 is 4.90 Å². The van der Waals surface area contributed by atoms with Crippen molar-refractivity contribution in [1.29, 1.82) is 0 Å². The molecule has 212 valence electrons. The molecule has 0 unspecified atom stereocenters. The monoisotopic (exact) mass is 565 g/mol. The molecular weight excluding hydrogens is 530 g/mol. The minimum Gasteiger partial charge on any atom is -0.310 e. The maximum absolute atomic E-state index is 2.41. The third kappa shape index (κ3) is 4.39. The van der Waals surface area contributed by atoms with Crippen molar-refractivity contribution in [3.05, 3.63) is 151 Å². The first-order chi connectivity index (χ1) is 21.3. The second-order valence-corrected chi connectivity index (χ2v) is 13.2. The van der Waals surface area contributed by atoms with Gasteiger partial charge in [0.25, 0.3) is 0 Å². The van der Waals surface area contributed by atoms with Crippen LogP contribution in [0.4, 0.5) is 17.1 Å². The van der Waals surface area contributed by atoms with E-state index in [4.69, 9.17) is 0 Å². The highest BCUT2D eigenvalue weighted by molar-refractivity contribution is 6.12. The van der Waals surface area contributed by atoms with Crippen LogP contribution in [0.3, 0.4) is 0 Å². The van der Waals surface area contributed by atoms with Gasteiger partial charge in [-0.2, -0.15) is 0 Å². The number of fused-ring (bicyclic) bond motifs is 6. The summed E-state index contributed by atoms with van der Waals surface area (Å²) in [5.74, 6) is 0. The van der Waals surface area contributed by atoms with Crippen LogP contribution >= 0.6 is 0 Å². The van der Waals surface area contributed by atoms with Crippen molar-refractivity contribution in [2.45, 2.75) is 33.1 Å². The second kappa shape index (κ2) is 9.96. The fourth-order valence-electron chi connectivity index (χ4n) is 6.68. The van der Waals surface area contributed by atoms with Crippen LogP contribution in [0, 0.1) is 6.92 Å². The smallest absolute Gasteiger partial charge is 0.0493 e. The number of anilines is 3.